The van der Waals surface area contributed by atoms with Gasteiger partial charge in [-0.05, 0) is 30.3 Å². The smallest absolute Gasteiger partial charge is 0.159 e. The lowest BCUT2D eigenvalue weighted by molar-refractivity contribution is 1.08. The fourth-order valence-electron chi connectivity index (χ4n) is 4.14. The molecule has 0 aliphatic heterocycles. The van der Waals surface area contributed by atoms with Crippen molar-refractivity contribution in [2.24, 2.45) is 0 Å². The fraction of sp³-hybridized carbons (Fsp3) is 0. The van der Waals surface area contributed by atoms with Gasteiger partial charge in [-0.2, -0.15) is 0 Å². The molecule has 0 radical (unpaired) electrons. The molecule has 3 aromatic heterocycles. The van der Waals surface area contributed by atoms with E-state index in [0.717, 1.165) is 48.9 Å². The van der Waals surface area contributed by atoms with Gasteiger partial charge in [0, 0.05) is 27.2 Å². The Kier molecular flexibility index (Phi) is 4.55. The molecule has 6 aromatic rings. The Balaban J connectivity index is 1.70. The molecule has 5 heteroatoms. The standard InChI is InChI=1S/C27H17BrN4/c28-20-13-14-22-21(16-20)26-23(12-7-15-29-26)32(22)24-17-30-27(19-10-5-2-6-11-19)31-25(24)18-8-3-1-4-9-18/h1-17H. The van der Waals surface area contributed by atoms with Crippen LogP contribution in [0.25, 0.3) is 50.3 Å². The van der Waals surface area contributed by atoms with E-state index in [4.69, 9.17) is 9.97 Å². The van der Waals surface area contributed by atoms with Gasteiger partial charge in [-0.3, -0.25) is 4.98 Å². The summed E-state index contributed by atoms with van der Waals surface area (Å²) < 4.78 is 3.23. The molecule has 0 N–H and O–H groups in total. The topological polar surface area (TPSA) is 43.6 Å². The average Bonchev–Trinajstić information content (AvgIpc) is 3.18. The highest BCUT2D eigenvalue weighted by Gasteiger charge is 2.18. The zero-order valence-corrected chi connectivity index (χ0v) is 18.6. The highest BCUT2D eigenvalue weighted by atomic mass is 79.9. The maximum atomic E-state index is 5.04. The summed E-state index contributed by atoms with van der Waals surface area (Å²) in [5.41, 5.74) is 6.87. The predicted octanol–water partition coefficient (Wildman–Crippen LogP) is 7.07. The van der Waals surface area contributed by atoms with E-state index in [2.05, 4.69) is 61.9 Å². The first-order valence-electron chi connectivity index (χ1n) is 10.3. The van der Waals surface area contributed by atoms with Crippen LogP contribution in [0.1, 0.15) is 0 Å². The van der Waals surface area contributed by atoms with Crippen LogP contribution < -0.4 is 0 Å². The van der Waals surface area contributed by atoms with Gasteiger partial charge in [0.25, 0.3) is 0 Å². The number of halogens is 1. The van der Waals surface area contributed by atoms with Gasteiger partial charge in [0.15, 0.2) is 5.82 Å². The number of benzene rings is 3. The quantitative estimate of drug-likeness (QED) is 0.274. The lowest BCUT2D eigenvalue weighted by Crippen LogP contribution is -2.02. The van der Waals surface area contributed by atoms with E-state index >= 15 is 0 Å². The molecule has 32 heavy (non-hydrogen) atoms. The van der Waals surface area contributed by atoms with E-state index in [-0.39, 0.29) is 0 Å². The SMILES string of the molecule is Brc1ccc2c(c1)c1ncccc1n2-c1cnc(-c2ccccc2)nc1-c1ccccc1. The molecule has 0 bridgehead atoms. The van der Waals surface area contributed by atoms with Crippen LogP contribution in [0.2, 0.25) is 0 Å². The Bertz CT molecular complexity index is 1570. The highest BCUT2D eigenvalue weighted by molar-refractivity contribution is 9.10. The number of hydrogen-bond donors (Lipinski definition) is 0. The summed E-state index contributed by atoms with van der Waals surface area (Å²) in [5.74, 6) is 0.704. The summed E-state index contributed by atoms with van der Waals surface area (Å²) >= 11 is 3.61. The second kappa shape index (κ2) is 7.70. The molecular weight excluding hydrogens is 460 g/mol. The van der Waals surface area contributed by atoms with Gasteiger partial charge in [-0.1, -0.05) is 76.6 Å². The average molecular weight is 477 g/mol. The van der Waals surface area contributed by atoms with Crippen LogP contribution in [0.15, 0.2) is 108 Å². The lowest BCUT2D eigenvalue weighted by Gasteiger charge is -2.14. The summed E-state index contributed by atoms with van der Waals surface area (Å²) in [4.78, 5) is 14.5. The Morgan fingerprint density at radius 1 is 0.688 bits per heavy atom. The van der Waals surface area contributed by atoms with Crippen molar-refractivity contribution < 1.29 is 0 Å². The van der Waals surface area contributed by atoms with Crippen molar-refractivity contribution in [1.29, 1.82) is 0 Å². The number of rotatable bonds is 3. The number of nitrogens with zero attached hydrogens (tertiary/aromatic N) is 4. The fourth-order valence-corrected chi connectivity index (χ4v) is 4.50. The number of fused-ring (bicyclic) bond motifs is 3. The van der Waals surface area contributed by atoms with Gasteiger partial charge in [-0.15, -0.1) is 0 Å². The molecule has 4 nitrogen and oxygen atoms in total. The van der Waals surface area contributed by atoms with Crippen LogP contribution in [-0.4, -0.2) is 19.5 Å². The molecule has 0 aliphatic carbocycles. The minimum atomic E-state index is 0.704. The Morgan fingerprint density at radius 3 is 2.22 bits per heavy atom. The molecule has 6 rings (SSSR count). The maximum absolute atomic E-state index is 5.04. The Hall–Kier alpha value is -3.83. The molecule has 3 heterocycles. The van der Waals surface area contributed by atoms with Crippen LogP contribution in [0, 0.1) is 0 Å². The maximum Gasteiger partial charge on any atom is 0.159 e. The van der Waals surface area contributed by atoms with Crippen molar-refractivity contribution in [3.8, 4) is 28.3 Å². The summed E-state index contributed by atoms with van der Waals surface area (Å²) in [5, 5.41) is 1.08. The van der Waals surface area contributed by atoms with Crippen molar-refractivity contribution >= 4 is 37.9 Å². The number of hydrogen-bond acceptors (Lipinski definition) is 3. The number of aromatic nitrogens is 4. The monoisotopic (exact) mass is 476 g/mol. The van der Waals surface area contributed by atoms with Crippen LogP contribution in [-0.2, 0) is 0 Å². The molecule has 0 atom stereocenters. The van der Waals surface area contributed by atoms with Crippen molar-refractivity contribution in [2.45, 2.75) is 0 Å². The minimum Gasteiger partial charge on any atom is -0.304 e. The van der Waals surface area contributed by atoms with Crippen LogP contribution in [0.3, 0.4) is 0 Å². The molecule has 0 saturated heterocycles. The Labute approximate surface area is 193 Å². The summed E-state index contributed by atoms with van der Waals surface area (Å²) in [6.07, 6.45) is 3.76. The van der Waals surface area contributed by atoms with Gasteiger partial charge in [0.2, 0.25) is 0 Å². The predicted molar refractivity (Wildman–Crippen MR) is 133 cm³/mol. The molecule has 0 saturated carbocycles. The van der Waals surface area contributed by atoms with Crippen LogP contribution in [0.5, 0.6) is 0 Å². The second-order valence-electron chi connectivity index (χ2n) is 7.53. The van der Waals surface area contributed by atoms with E-state index in [1.165, 1.54) is 0 Å². The third-order valence-electron chi connectivity index (χ3n) is 5.57. The third kappa shape index (κ3) is 3.10. The van der Waals surface area contributed by atoms with E-state index in [0.29, 0.717) is 5.82 Å². The van der Waals surface area contributed by atoms with E-state index in [1.54, 1.807) is 0 Å². The summed E-state index contributed by atoms with van der Waals surface area (Å²) in [7, 11) is 0. The first-order valence-corrected chi connectivity index (χ1v) is 11.1. The summed E-state index contributed by atoms with van der Waals surface area (Å²) in [6.45, 7) is 0. The van der Waals surface area contributed by atoms with Crippen molar-refractivity contribution in [1.82, 2.24) is 19.5 Å². The van der Waals surface area contributed by atoms with Gasteiger partial charge < -0.3 is 4.57 Å². The molecule has 0 unspecified atom stereocenters. The van der Waals surface area contributed by atoms with E-state index in [9.17, 15) is 0 Å². The largest absolute Gasteiger partial charge is 0.304 e. The third-order valence-corrected chi connectivity index (χ3v) is 6.06. The molecule has 0 spiro atoms. The van der Waals surface area contributed by atoms with E-state index in [1.807, 2.05) is 67.0 Å². The van der Waals surface area contributed by atoms with Crippen molar-refractivity contribution in [2.75, 3.05) is 0 Å². The van der Waals surface area contributed by atoms with Gasteiger partial charge in [0.1, 0.15) is 0 Å². The Morgan fingerprint density at radius 2 is 1.44 bits per heavy atom. The van der Waals surface area contributed by atoms with Gasteiger partial charge in [0.05, 0.1) is 34.1 Å². The van der Waals surface area contributed by atoms with Gasteiger partial charge in [-0.25, -0.2) is 9.97 Å². The zero-order chi connectivity index (χ0) is 21.5. The minimum absolute atomic E-state index is 0.704. The molecule has 0 aliphatic rings. The molecule has 3 aromatic carbocycles. The number of pyridine rings is 1. The first kappa shape index (κ1) is 18.9. The normalized spacial score (nSPS) is 11.3. The van der Waals surface area contributed by atoms with Crippen LogP contribution >= 0.6 is 15.9 Å². The lowest BCUT2D eigenvalue weighted by atomic mass is 10.1. The molecule has 0 amide bonds. The highest BCUT2D eigenvalue weighted by Crippen LogP contribution is 2.36. The van der Waals surface area contributed by atoms with Crippen molar-refractivity contribution in [3.63, 3.8) is 0 Å². The molecular formula is C27H17BrN4. The molecule has 152 valence electrons. The zero-order valence-electron chi connectivity index (χ0n) is 17.0. The first-order chi connectivity index (χ1) is 15.8. The van der Waals surface area contributed by atoms with Crippen molar-refractivity contribution in [3.05, 3.63) is 108 Å². The van der Waals surface area contributed by atoms with Gasteiger partial charge >= 0.3 is 0 Å². The van der Waals surface area contributed by atoms with Crippen LogP contribution in [0.4, 0.5) is 0 Å². The van der Waals surface area contributed by atoms with E-state index < -0.39 is 0 Å². The summed E-state index contributed by atoms with van der Waals surface area (Å²) in [6, 6.07) is 30.7. The molecule has 0 fully saturated rings. The second-order valence-corrected chi connectivity index (χ2v) is 8.44.